The van der Waals surface area contributed by atoms with Gasteiger partial charge in [0, 0.05) is 24.4 Å². The minimum Gasteiger partial charge on any atom is -0.303 e. The Morgan fingerprint density at radius 1 is 1.44 bits per heavy atom. The van der Waals surface area contributed by atoms with Gasteiger partial charge in [0.05, 0.1) is 5.69 Å². The molecule has 0 saturated heterocycles. The van der Waals surface area contributed by atoms with E-state index in [0.717, 1.165) is 29.8 Å². The SMILES string of the molecule is CCc1nccn1-c1cc(C)ccc1C=O. The van der Waals surface area contributed by atoms with E-state index in [1.807, 2.05) is 35.9 Å². The van der Waals surface area contributed by atoms with Crippen LogP contribution in [0.15, 0.2) is 30.6 Å². The zero-order valence-electron chi connectivity index (χ0n) is 9.47. The van der Waals surface area contributed by atoms with E-state index in [4.69, 9.17) is 0 Å². The van der Waals surface area contributed by atoms with Gasteiger partial charge in [-0.3, -0.25) is 4.79 Å². The largest absolute Gasteiger partial charge is 0.303 e. The molecule has 16 heavy (non-hydrogen) atoms. The lowest BCUT2D eigenvalue weighted by Gasteiger charge is -2.09. The number of carbonyl (C=O) groups excluding carboxylic acids is 1. The van der Waals surface area contributed by atoms with E-state index >= 15 is 0 Å². The monoisotopic (exact) mass is 214 g/mol. The van der Waals surface area contributed by atoms with Crippen molar-refractivity contribution in [2.45, 2.75) is 20.3 Å². The summed E-state index contributed by atoms with van der Waals surface area (Å²) < 4.78 is 1.97. The van der Waals surface area contributed by atoms with Crippen LogP contribution in [0.1, 0.15) is 28.7 Å². The van der Waals surface area contributed by atoms with Gasteiger partial charge in [-0.25, -0.2) is 4.98 Å². The van der Waals surface area contributed by atoms with Crippen LogP contribution in [0.5, 0.6) is 0 Å². The van der Waals surface area contributed by atoms with Crippen molar-refractivity contribution in [3.05, 3.63) is 47.5 Å². The van der Waals surface area contributed by atoms with E-state index in [1.54, 1.807) is 6.20 Å². The molecule has 0 spiro atoms. The van der Waals surface area contributed by atoms with Gasteiger partial charge >= 0.3 is 0 Å². The molecule has 1 aromatic heterocycles. The van der Waals surface area contributed by atoms with Crippen LogP contribution in [0.25, 0.3) is 5.69 Å². The number of aromatic nitrogens is 2. The van der Waals surface area contributed by atoms with Gasteiger partial charge in [-0.05, 0) is 24.6 Å². The number of imidazole rings is 1. The molecule has 0 radical (unpaired) electrons. The molecule has 0 saturated carbocycles. The second-order valence-corrected chi connectivity index (χ2v) is 3.75. The Kier molecular flexibility index (Phi) is 2.86. The van der Waals surface area contributed by atoms with Gasteiger partial charge in [-0.1, -0.05) is 13.0 Å². The lowest BCUT2D eigenvalue weighted by Crippen LogP contribution is -2.03. The first kappa shape index (κ1) is 10.6. The normalized spacial score (nSPS) is 10.4. The minimum atomic E-state index is 0.693. The fourth-order valence-electron chi connectivity index (χ4n) is 1.78. The van der Waals surface area contributed by atoms with Crippen molar-refractivity contribution >= 4 is 6.29 Å². The number of aldehydes is 1. The van der Waals surface area contributed by atoms with Crippen molar-refractivity contribution in [3.63, 3.8) is 0 Å². The Bertz CT molecular complexity index is 514. The molecular weight excluding hydrogens is 200 g/mol. The van der Waals surface area contributed by atoms with Gasteiger partial charge < -0.3 is 4.57 Å². The van der Waals surface area contributed by atoms with Crippen LogP contribution in [0, 0.1) is 6.92 Å². The molecule has 0 fully saturated rings. The molecule has 0 unspecified atom stereocenters. The van der Waals surface area contributed by atoms with Crippen LogP contribution in [0.4, 0.5) is 0 Å². The lowest BCUT2D eigenvalue weighted by molar-refractivity contribution is 0.112. The van der Waals surface area contributed by atoms with Gasteiger partial charge in [-0.2, -0.15) is 0 Å². The maximum Gasteiger partial charge on any atom is 0.152 e. The summed E-state index contributed by atoms with van der Waals surface area (Å²) in [6.45, 7) is 4.07. The van der Waals surface area contributed by atoms with E-state index in [2.05, 4.69) is 11.9 Å². The first-order chi connectivity index (χ1) is 7.76. The predicted molar refractivity (Wildman–Crippen MR) is 63.1 cm³/mol. The zero-order chi connectivity index (χ0) is 11.5. The number of carbonyl (C=O) groups is 1. The Morgan fingerprint density at radius 3 is 2.94 bits per heavy atom. The maximum atomic E-state index is 11.0. The van der Waals surface area contributed by atoms with Gasteiger partial charge in [0.25, 0.3) is 0 Å². The van der Waals surface area contributed by atoms with Gasteiger partial charge in [0.1, 0.15) is 5.82 Å². The summed E-state index contributed by atoms with van der Waals surface area (Å²) in [5, 5.41) is 0. The summed E-state index contributed by atoms with van der Waals surface area (Å²) in [6, 6.07) is 5.79. The van der Waals surface area contributed by atoms with Crippen LogP contribution in [-0.4, -0.2) is 15.8 Å². The molecule has 0 aliphatic rings. The number of hydrogen-bond acceptors (Lipinski definition) is 2. The third-order valence-electron chi connectivity index (χ3n) is 2.61. The zero-order valence-corrected chi connectivity index (χ0v) is 9.47. The van der Waals surface area contributed by atoms with Crippen molar-refractivity contribution in [1.82, 2.24) is 9.55 Å². The Morgan fingerprint density at radius 2 is 2.25 bits per heavy atom. The Hall–Kier alpha value is -1.90. The Balaban J connectivity index is 2.62. The van der Waals surface area contributed by atoms with E-state index in [0.29, 0.717) is 5.56 Å². The van der Waals surface area contributed by atoms with Crippen LogP contribution in [0.2, 0.25) is 0 Å². The molecular formula is C13H14N2O. The smallest absolute Gasteiger partial charge is 0.152 e. The molecule has 0 N–H and O–H groups in total. The first-order valence-corrected chi connectivity index (χ1v) is 5.34. The summed E-state index contributed by atoms with van der Waals surface area (Å²) in [5.41, 5.74) is 2.74. The Labute approximate surface area is 94.7 Å². The fraction of sp³-hybridized carbons (Fsp3) is 0.231. The summed E-state index contributed by atoms with van der Waals surface area (Å²) >= 11 is 0. The molecule has 1 heterocycles. The third kappa shape index (κ3) is 1.76. The van der Waals surface area contributed by atoms with Crippen molar-refractivity contribution in [2.75, 3.05) is 0 Å². The summed E-state index contributed by atoms with van der Waals surface area (Å²) in [4.78, 5) is 15.3. The average molecular weight is 214 g/mol. The third-order valence-corrected chi connectivity index (χ3v) is 2.61. The summed E-state index contributed by atoms with van der Waals surface area (Å²) in [5.74, 6) is 0.966. The predicted octanol–water partition coefficient (Wildman–Crippen LogP) is 2.56. The molecule has 2 aromatic rings. The molecule has 2 rings (SSSR count). The maximum absolute atomic E-state index is 11.0. The van der Waals surface area contributed by atoms with Gasteiger partial charge in [-0.15, -0.1) is 0 Å². The summed E-state index contributed by atoms with van der Waals surface area (Å²) in [6.07, 6.45) is 5.38. The van der Waals surface area contributed by atoms with Gasteiger partial charge in [0.15, 0.2) is 6.29 Å². The molecule has 0 amide bonds. The highest BCUT2D eigenvalue weighted by Crippen LogP contribution is 2.17. The molecule has 82 valence electrons. The van der Waals surface area contributed by atoms with E-state index in [1.165, 1.54) is 0 Å². The highest BCUT2D eigenvalue weighted by Gasteiger charge is 2.07. The molecule has 0 atom stereocenters. The standard InChI is InChI=1S/C13H14N2O/c1-3-13-14-6-7-15(13)12-8-10(2)4-5-11(12)9-16/h4-9H,3H2,1-2H3. The average Bonchev–Trinajstić information content (AvgIpc) is 2.76. The quantitative estimate of drug-likeness (QED) is 0.736. The number of rotatable bonds is 3. The van der Waals surface area contributed by atoms with Gasteiger partial charge in [0.2, 0.25) is 0 Å². The number of benzene rings is 1. The topological polar surface area (TPSA) is 34.9 Å². The van der Waals surface area contributed by atoms with E-state index in [9.17, 15) is 4.79 Å². The van der Waals surface area contributed by atoms with E-state index in [-0.39, 0.29) is 0 Å². The second-order valence-electron chi connectivity index (χ2n) is 3.75. The molecule has 0 bridgehead atoms. The molecule has 3 nitrogen and oxygen atoms in total. The van der Waals surface area contributed by atoms with Crippen molar-refractivity contribution in [3.8, 4) is 5.69 Å². The van der Waals surface area contributed by atoms with Crippen molar-refractivity contribution < 1.29 is 4.79 Å². The molecule has 0 aliphatic carbocycles. The minimum absolute atomic E-state index is 0.693. The van der Waals surface area contributed by atoms with E-state index < -0.39 is 0 Å². The highest BCUT2D eigenvalue weighted by molar-refractivity contribution is 5.81. The van der Waals surface area contributed by atoms with Crippen LogP contribution >= 0.6 is 0 Å². The molecule has 3 heteroatoms. The van der Waals surface area contributed by atoms with Crippen molar-refractivity contribution in [2.24, 2.45) is 0 Å². The molecule has 0 aliphatic heterocycles. The second kappa shape index (κ2) is 4.31. The highest BCUT2D eigenvalue weighted by atomic mass is 16.1. The number of aryl methyl sites for hydroxylation is 2. The van der Waals surface area contributed by atoms with Crippen LogP contribution in [0.3, 0.4) is 0 Å². The number of nitrogens with zero attached hydrogens (tertiary/aromatic N) is 2. The fourth-order valence-corrected chi connectivity index (χ4v) is 1.78. The molecule has 1 aromatic carbocycles. The summed E-state index contributed by atoms with van der Waals surface area (Å²) in [7, 11) is 0. The van der Waals surface area contributed by atoms with Crippen LogP contribution in [-0.2, 0) is 6.42 Å². The van der Waals surface area contributed by atoms with Crippen LogP contribution < -0.4 is 0 Å². The van der Waals surface area contributed by atoms with Crippen molar-refractivity contribution in [1.29, 1.82) is 0 Å². The number of hydrogen-bond donors (Lipinski definition) is 0. The lowest BCUT2D eigenvalue weighted by atomic mass is 10.1. The first-order valence-electron chi connectivity index (χ1n) is 5.34.